The number of thiophene rings is 1. The van der Waals surface area contributed by atoms with Gasteiger partial charge >= 0.3 is 0 Å². The molecule has 0 atom stereocenters. The molecule has 3 heteroatoms. The van der Waals surface area contributed by atoms with Gasteiger partial charge in [-0.3, -0.25) is 0 Å². The molecule has 0 aliphatic heterocycles. The third-order valence-electron chi connectivity index (χ3n) is 5.87. The minimum Gasteiger partial charge on any atom is -0.454 e. The van der Waals surface area contributed by atoms with E-state index < -0.39 is 0 Å². The van der Waals surface area contributed by atoms with Crippen molar-refractivity contribution in [3.05, 3.63) is 23.3 Å². The normalized spacial score (nSPS) is 38.9. The fourth-order valence-electron chi connectivity index (χ4n) is 5.51. The molecule has 20 heavy (non-hydrogen) atoms. The average molecular weight is 287 g/mol. The van der Waals surface area contributed by atoms with E-state index in [0.29, 0.717) is 5.54 Å². The summed E-state index contributed by atoms with van der Waals surface area (Å²) in [7, 11) is 0. The van der Waals surface area contributed by atoms with Crippen molar-refractivity contribution in [2.24, 2.45) is 17.8 Å². The van der Waals surface area contributed by atoms with Crippen LogP contribution in [0.5, 0.6) is 0 Å². The molecule has 4 fully saturated rings. The Morgan fingerprint density at radius 1 is 1.15 bits per heavy atom. The largest absolute Gasteiger partial charge is 0.454 e. The summed E-state index contributed by atoms with van der Waals surface area (Å²) < 4.78 is 5.48. The van der Waals surface area contributed by atoms with E-state index in [1.165, 1.54) is 48.8 Å². The van der Waals surface area contributed by atoms with Crippen LogP contribution in [0.4, 0.5) is 0 Å². The van der Waals surface area contributed by atoms with Crippen LogP contribution in [0.25, 0.3) is 10.3 Å². The van der Waals surface area contributed by atoms with Crippen molar-refractivity contribution in [2.75, 3.05) is 0 Å². The van der Waals surface area contributed by atoms with Gasteiger partial charge < -0.3 is 9.73 Å². The standard InChI is InChI=1S/C17H21NOS/c1-2-19-16-14(1)6-15(20-16)10-18-17-7-11-3-12(8-17)5-13(4-11)9-17/h1-2,6,11-13,18H,3-5,7-10H2. The molecule has 2 nitrogen and oxygen atoms in total. The highest BCUT2D eigenvalue weighted by Gasteiger charge is 2.50. The lowest BCUT2D eigenvalue weighted by Gasteiger charge is -2.57. The monoisotopic (exact) mass is 287 g/mol. The molecule has 0 amide bonds. The lowest BCUT2D eigenvalue weighted by atomic mass is 9.53. The highest BCUT2D eigenvalue weighted by molar-refractivity contribution is 7.18. The first-order chi connectivity index (χ1) is 9.78. The molecule has 4 aliphatic rings. The zero-order valence-electron chi connectivity index (χ0n) is 11.7. The van der Waals surface area contributed by atoms with Crippen molar-refractivity contribution < 1.29 is 4.42 Å². The summed E-state index contributed by atoms with van der Waals surface area (Å²) in [4.78, 5) is 2.50. The van der Waals surface area contributed by atoms with Crippen molar-refractivity contribution in [3.8, 4) is 0 Å². The topological polar surface area (TPSA) is 25.2 Å². The molecule has 0 unspecified atom stereocenters. The van der Waals surface area contributed by atoms with Crippen LogP contribution in [0.15, 0.2) is 22.8 Å². The Morgan fingerprint density at radius 3 is 2.50 bits per heavy atom. The van der Waals surface area contributed by atoms with E-state index in [4.69, 9.17) is 4.42 Å². The van der Waals surface area contributed by atoms with E-state index in [-0.39, 0.29) is 0 Å². The maximum absolute atomic E-state index is 5.48. The molecule has 0 aromatic carbocycles. The van der Waals surface area contributed by atoms with E-state index >= 15 is 0 Å². The number of furan rings is 1. The van der Waals surface area contributed by atoms with Gasteiger partial charge in [-0.15, -0.1) is 11.3 Å². The molecule has 1 N–H and O–H groups in total. The zero-order chi connectivity index (χ0) is 13.2. The quantitative estimate of drug-likeness (QED) is 0.895. The zero-order valence-corrected chi connectivity index (χ0v) is 12.5. The fourth-order valence-corrected chi connectivity index (χ4v) is 6.42. The van der Waals surface area contributed by atoms with Crippen molar-refractivity contribution in [3.63, 3.8) is 0 Å². The van der Waals surface area contributed by atoms with Gasteiger partial charge in [0, 0.05) is 22.3 Å². The van der Waals surface area contributed by atoms with Gasteiger partial charge in [0.15, 0.2) is 4.90 Å². The molecule has 0 saturated heterocycles. The average Bonchev–Trinajstić information content (AvgIpc) is 2.95. The minimum absolute atomic E-state index is 0.472. The molecule has 4 aliphatic carbocycles. The summed E-state index contributed by atoms with van der Waals surface area (Å²) >= 11 is 1.80. The molecule has 106 valence electrons. The van der Waals surface area contributed by atoms with E-state index in [1.54, 1.807) is 17.6 Å². The third-order valence-corrected chi connectivity index (χ3v) is 6.92. The number of fused-ring (bicyclic) bond motifs is 1. The van der Waals surface area contributed by atoms with Crippen molar-refractivity contribution >= 4 is 21.6 Å². The van der Waals surface area contributed by atoms with Crippen LogP contribution < -0.4 is 5.32 Å². The van der Waals surface area contributed by atoms with Crippen LogP contribution in [0.3, 0.4) is 0 Å². The van der Waals surface area contributed by atoms with Gasteiger partial charge in [-0.1, -0.05) is 0 Å². The Balaban J connectivity index is 1.35. The van der Waals surface area contributed by atoms with Crippen LogP contribution in [0.1, 0.15) is 43.4 Å². The second-order valence-electron chi connectivity index (χ2n) is 7.43. The van der Waals surface area contributed by atoms with Gasteiger partial charge in [0.1, 0.15) is 0 Å². The van der Waals surface area contributed by atoms with Gasteiger partial charge in [-0.25, -0.2) is 0 Å². The Hall–Kier alpha value is -0.800. The molecule has 2 heterocycles. The summed E-state index contributed by atoms with van der Waals surface area (Å²) in [6, 6.07) is 4.36. The molecule has 2 aromatic heterocycles. The van der Waals surface area contributed by atoms with E-state index in [2.05, 4.69) is 17.4 Å². The van der Waals surface area contributed by atoms with Crippen LogP contribution in [0.2, 0.25) is 0 Å². The first-order valence-corrected chi connectivity index (χ1v) is 8.81. The molecule has 4 bridgehead atoms. The van der Waals surface area contributed by atoms with E-state index in [9.17, 15) is 0 Å². The second kappa shape index (κ2) is 4.11. The summed E-state index contributed by atoms with van der Waals surface area (Å²) in [6.07, 6.45) is 10.6. The SMILES string of the molecule is c1cc2cc(CNC34CC5CC(CC(C5)C3)C4)sc2o1. The molecule has 0 spiro atoms. The molecule has 0 radical (unpaired) electrons. The van der Waals surface area contributed by atoms with E-state index in [0.717, 1.165) is 29.2 Å². The van der Waals surface area contributed by atoms with E-state index in [1.807, 2.05) is 0 Å². The van der Waals surface area contributed by atoms with Crippen molar-refractivity contribution in [1.29, 1.82) is 0 Å². The highest BCUT2D eigenvalue weighted by Crippen LogP contribution is 2.55. The van der Waals surface area contributed by atoms with Crippen LogP contribution in [-0.4, -0.2) is 5.54 Å². The van der Waals surface area contributed by atoms with Crippen LogP contribution in [-0.2, 0) is 6.54 Å². The number of rotatable bonds is 3. The highest BCUT2D eigenvalue weighted by atomic mass is 32.1. The van der Waals surface area contributed by atoms with Gasteiger partial charge in [0.2, 0.25) is 0 Å². The second-order valence-corrected chi connectivity index (χ2v) is 8.53. The van der Waals surface area contributed by atoms with Gasteiger partial charge in [-0.05, 0) is 68.4 Å². The fraction of sp³-hybridized carbons (Fsp3) is 0.647. The Morgan fingerprint density at radius 2 is 1.85 bits per heavy atom. The van der Waals surface area contributed by atoms with Gasteiger partial charge in [-0.2, -0.15) is 0 Å². The minimum atomic E-state index is 0.472. The lowest BCUT2D eigenvalue weighted by molar-refractivity contribution is -0.0204. The smallest absolute Gasteiger partial charge is 0.187 e. The number of hydrogen-bond acceptors (Lipinski definition) is 3. The number of nitrogens with one attached hydrogen (secondary N) is 1. The summed E-state index contributed by atoms with van der Waals surface area (Å²) in [5.41, 5.74) is 0.472. The Kier molecular flexibility index (Phi) is 2.43. The molecule has 4 saturated carbocycles. The third kappa shape index (κ3) is 1.79. The number of hydrogen-bond donors (Lipinski definition) is 1. The van der Waals surface area contributed by atoms with Crippen molar-refractivity contribution in [1.82, 2.24) is 5.32 Å². The molecule has 6 rings (SSSR count). The molecule has 2 aromatic rings. The maximum Gasteiger partial charge on any atom is 0.187 e. The molecular weight excluding hydrogens is 266 g/mol. The first kappa shape index (κ1) is 11.8. The predicted molar refractivity (Wildman–Crippen MR) is 81.8 cm³/mol. The van der Waals surface area contributed by atoms with Gasteiger partial charge in [0.05, 0.1) is 6.26 Å². The lowest BCUT2D eigenvalue weighted by Crippen LogP contribution is -2.58. The summed E-state index contributed by atoms with van der Waals surface area (Å²) in [6.45, 7) is 1.03. The Bertz CT molecular complexity index is 576. The van der Waals surface area contributed by atoms with Crippen molar-refractivity contribution in [2.45, 2.75) is 50.6 Å². The van der Waals surface area contributed by atoms with Gasteiger partial charge in [0.25, 0.3) is 0 Å². The van der Waals surface area contributed by atoms with Crippen LogP contribution in [0, 0.1) is 17.8 Å². The maximum atomic E-state index is 5.48. The summed E-state index contributed by atoms with van der Waals surface area (Å²) in [5.74, 6) is 3.06. The predicted octanol–water partition coefficient (Wildman–Crippen LogP) is 4.55. The first-order valence-electron chi connectivity index (χ1n) is 7.99. The molecular formula is C17H21NOS. The van der Waals surface area contributed by atoms with Crippen LogP contribution >= 0.6 is 11.3 Å². The Labute approximate surface area is 123 Å². The summed E-state index contributed by atoms with van der Waals surface area (Å²) in [5, 5.41) is 5.22.